The second-order valence-corrected chi connectivity index (χ2v) is 16.3. The van der Waals surface area contributed by atoms with Gasteiger partial charge in [-0.15, -0.1) is 0 Å². The molecule has 4 nitrogen and oxygen atoms in total. The van der Waals surface area contributed by atoms with Crippen LogP contribution in [0.1, 0.15) is 64.5 Å². The molecular formula is C50H43ClN4. The van der Waals surface area contributed by atoms with Gasteiger partial charge in [0, 0.05) is 82.3 Å². The first-order chi connectivity index (χ1) is 27.1. The zero-order valence-electron chi connectivity index (χ0n) is 30.8. The quantitative estimate of drug-likeness (QED) is 0.178. The molecule has 1 fully saturated rings. The molecular weight excluding hydrogens is 692 g/mol. The number of benzene rings is 5. The fourth-order valence-electron chi connectivity index (χ4n) is 10.6. The van der Waals surface area contributed by atoms with Crippen LogP contribution in [0.3, 0.4) is 0 Å². The van der Waals surface area contributed by atoms with Gasteiger partial charge in [0.25, 0.3) is 0 Å². The number of piperazine rings is 1. The summed E-state index contributed by atoms with van der Waals surface area (Å²) in [5.41, 5.74) is 14.9. The van der Waals surface area contributed by atoms with Gasteiger partial charge in [-0.3, -0.25) is 0 Å². The molecule has 11 rings (SSSR count). The van der Waals surface area contributed by atoms with E-state index in [0.29, 0.717) is 11.8 Å². The van der Waals surface area contributed by atoms with E-state index >= 15 is 0 Å². The Morgan fingerprint density at radius 2 is 1.25 bits per heavy atom. The second kappa shape index (κ2) is 13.0. The van der Waals surface area contributed by atoms with Crippen molar-refractivity contribution in [1.82, 2.24) is 9.97 Å². The molecule has 0 bridgehead atoms. The molecule has 0 saturated carbocycles. The predicted octanol–water partition coefficient (Wildman–Crippen LogP) is 12.3. The van der Waals surface area contributed by atoms with E-state index < -0.39 is 0 Å². The molecule has 1 aliphatic heterocycles. The maximum Gasteiger partial charge on any atom is 0.114 e. The molecule has 2 N–H and O–H groups in total. The molecule has 2 unspecified atom stereocenters. The van der Waals surface area contributed by atoms with Crippen LogP contribution in [-0.2, 0) is 0 Å². The van der Waals surface area contributed by atoms with E-state index in [1.807, 2.05) is 0 Å². The average Bonchev–Trinajstić information content (AvgIpc) is 4.06. The van der Waals surface area contributed by atoms with Gasteiger partial charge in [0.05, 0.1) is 0 Å². The first kappa shape index (κ1) is 32.7. The summed E-state index contributed by atoms with van der Waals surface area (Å²) in [6.07, 6.45) is 14.9. The Hall–Kier alpha value is -5.71. The highest BCUT2D eigenvalue weighted by atomic mass is 35.5. The van der Waals surface area contributed by atoms with Gasteiger partial charge in [-0.05, 0) is 100 Å². The third kappa shape index (κ3) is 5.26. The van der Waals surface area contributed by atoms with E-state index in [4.69, 9.17) is 11.6 Å². The lowest BCUT2D eigenvalue weighted by atomic mass is 9.55. The molecule has 270 valence electrons. The summed E-state index contributed by atoms with van der Waals surface area (Å²) in [6, 6.07) is 44.6. The smallest absolute Gasteiger partial charge is 0.114 e. The van der Waals surface area contributed by atoms with Crippen LogP contribution in [0.25, 0.3) is 45.1 Å². The standard InChI is InChI=1S/C50H43ClN4/c51-36-20-16-35(17-21-36)42-32-50(43-22-18-33-8-1-3-10-37(33)43,44-23-19-34-9-2-4-11-38(34)44)26-24-39(42)48-41-12-5-6-13-46(41)53-49(48)55-30-28-54(29-31-55)47-15-7-14-45-40(47)25-27-52-45/h1-23,25,27,43-44,52-53H,24,26,28-32H2. The van der Waals surface area contributed by atoms with Crippen molar-refractivity contribution in [3.8, 4) is 0 Å². The first-order valence-corrected chi connectivity index (χ1v) is 20.2. The number of hydrogen-bond acceptors (Lipinski definition) is 2. The van der Waals surface area contributed by atoms with Crippen LogP contribution in [0.4, 0.5) is 11.5 Å². The fraction of sp³-hybridized carbons (Fsp3) is 0.200. The van der Waals surface area contributed by atoms with E-state index in [9.17, 15) is 0 Å². The molecule has 3 heterocycles. The van der Waals surface area contributed by atoms with Crippen molar-refractivity contribution in [2.75, 3.05) is 36.0 Å². The minimum atomic E-state index is -0.0537. The molecule has 7 aromatic rings. The molecule has 2 aromatic heterocycles. The molecule has 5 heteroatoms. The Bertz CT molecular complexity index is 2620. The van der Waals surface area contributed by atoms with E-state index in [2.05, 4.69) is 172 Å². The molecule has 0 radical (unpaired) electrons. The predicted molar refractivity (Wildman–Crippen MR) is 232 cm³/mol. The number of halogens is 1. The molecule has 3 aliphatic carbocycles. The third-order valence-electron chi connectivity index (χ3n) is 13.2. The Morgan fingerprint density at radius 3 is 2.00 bits per heavy atom. The summed E-state index contributed by atoms with van der Waals surface area (Å²) >= 11 is 6.60. The Kier molecular flexibility index (Phi) is 7.70. The van der Waals surface area contributed by atoms with Gasteiger partial charge in [0.1, 0.15) is 5.82 Å². The van der Waals surface area contributed by atoms with E-state index in [-0.39, 0.29) is 5.41 Å². The van der Waals surface area contributed by atoms with Crippen LogP contribution in [0.5, 0.6) is 0 Å². The molecule has 4 aliphatic rings. The number of para-hydroxylation sites is 1. The van der Waals surface area contributed by atoms with Gasteiger partial charge in [-0.1, -0.05) is 121 Å². The minimum absolute atomic E-state index is 0.0537. The van der Waals surface area contributed by atoms with Gasteiger partial charge in [-0.25, -0.2) is 0 Å². The van der Waals surface area contributed by atoms with Gasteiger partial charge in [-0.2, -0.15) is 0 Å². The fourth-order valence-corrected chi connectivity index (χ4v) is 10.8. The summed E-state index contributed by atoms with van der Waals surface area (Å²) < 4.78 is 0. The minimum Gasteiger partial charge on any atom is -0.367 e. The average molecular weight is 735 g/mol. The summed E-state index contributed by atoms with van der Waals surface area (Å²) in [4.78, 5) is 12.5. The molecule has 1 saturated heterocycles. The highest BCUT2D eigenvalue weighted by Crippen LogP contribution is 2.64. The van der Waals surface area contributed by atoms with E-state index in [1.54, 1.807) is 0 Å². The first-order valence-electron chi connectivity index (χ1n) is 19.8. The van der Waals surface area contributed by atoms with E-state index in [1.165, 1.54) is 77.8 Å². The summed E-state index contributed by atoms with van der Waals surface area (Å²) in [6.45, 7) is 3.82. The number of nitrogens with one attached hydrogen (secondary N) is 2. The lowest BCUT2D eigenvalue weighted by Crippen LogP contribution is -2.47. The molecule has 5 aromatic carbocycles. The Morgan fingerprint density at radius 1 is 0.600 bits per heavy atom. The van der Waals surface area contributed by atoms with Crippen LogP contribution in [0.2, 0.25) is 5.02 Å². The van der Waals surface area contributed by atoms with Gasteiger partial charge >= 0.3 is 0 Å². The van der Waals surface area contributed by atoms with Crippen LogP contribution in [-0.4, -0.2) is 36.1 Å². The van der Waals surface area contributed by atoms with Crippen LogP contribution >= 0.6 is 11.6 Å². The number of allylic oxidation sites excluding steroid dienone is 4. The van der Waals surface area contributed by atoms with Crippen molar-refractivity contribution >= 4 is 68.2 Å². The van der Waals surface area contributed by atoms with Gasteiger partial charge < -0.3 is 19.8 Å². The molecule has 0 spiro atoms. The third-order valence-corrected chi connectivity index (χ3v) is 13.5. The number of fused-ring (bicyclic) bond motifs is 4. The summed E-state index contributed by atoms with van der Waals surface area (Å²) in [5, 5.41) is 3.38. The van der Waals surface area contributed by atoms with Crippen molar-refractivity contribution in [2.24, 2.45) is 5.41 Å². The maximum absolute atomic E-state index is 6.60. The number of nitrogens with zero attached hydrogens (tertiary/aromatic N) is 2. The Labute approximate surface area is 327 Å². The van der Waals surface area contributed by atoms with Crippen LogP contribution in [0.15, 0.2) is 140 Å². The second-order valence-electron chi connectivity index (χ2n) is 15.9. The number of aromatic nitrogens is 2. The van der Waals surface area contributed by atoms with Crippen LogP contribution < -0.4 is 9.80 Å². The largest absolute Gasteiger partial charge is 0.367 e. The van der Waals surface area contributed by atoms with Gasteiger partial charge in [0.2, 0.25) is 0 Å². The van der Waals surface area contributed by atoms with Crippen molar-refractivity contribution in [3.63, 3.8) is 0 Å². The highest BCUT2D eigenvalue weighted by molar-refractivity contribution is 6.30. The lowest BCUT2D eigenvalue weighted by molar-refractivity contribution is 0.207. The monoisotopic (exact) mass is 734 g/mol. The van der Waals surface area contributed by atoms with Crippen molar-refractivity contribution < 1.29 is 0 Å². The number of aromatic amines is 2. The summed E-state index contributed by atoms with van der Waals surface area (Å²) in [5.74, 6) is 1.86. The molecule has 2 atom stereocenters. The zero-order valence-corrected chi connectivity index (χ0v) is 31.6. The molecule has 55 heavy (non-hydrogen) atoms. The number of H-pyrrole nitrogens is 2. The normalized spacial score (nSPS) is 21.9. The van der Waals surface area contributed by atoms with E-state index in [0.717, 1.165) is 50.5 Å². The molecule has 0 amide bonds. The maximum atomic E-state index is 6.60. The summed E-state index contributed by atoms with van der Waals surface area (Å²) in [7, 11) is 0. The lowest BCUT2D eigenvalue weighted by Gasteiger charge is -2.48. The van der Waals surface area contributed by atoms with Crippen molar-refractivity contribution in [1.29, 1.82) is 0 Å². The SMILES string of the molecule is Clc1ccc(C2=C(c3c(N4CCN(c5cccc6[nH]ccc56)CC4)[nH]c4ccccc34)CCC(C3C=Cc4ccccc43)(C3C=Cc4ccccc43)C2)cc1. The highest BCUT2D eigenvalue weighted by Gasteiger charge is 2.50. The van der Waals surface area contributed by atoms with Crippen molar-refractivity contribution in [2.45, 2.75) is 31.1 Å². The number of anilines is 2. The Balaban J connectivity index is 1.06. The topological polar surface area (TPSA) is 38.1 Å². The van der Waals surface area contributed by atoms with Crippen LogP contribution in [0, 0.1) is 5.41 Å². The van der Waals surface area contributed by atoms with Gasteiger partial charge in [0.15, 0.2) is 0 Å². The number of hydrogen-bond donors (Lipinski definition) is 2. The number of rotatable bonds is 6. The zero-order chi connectivity index (χ0) is 36.5. The van der Waals surface area contributed by atoms with Crippen molar-refractivity contribution in [3.05, 3.63) is 178 Å².